The molecule has 0 fully saturated rings. The highest BCUT2D eigenvalue weighted by molar-refractivity contribution is 5.86. The van der Waals surface area contributed by atoms with Gasteiger partial charge in [-0.1, -0.05) is 61.9 Å². The molecule has 4 aromatic rings. The van der Waals surface area contributed by atoms with Gasteiger partial charge in [-0.15, -0.1) is 0 Å². The minimum absolute atomic E-state index is 0.364. The minimum atomic E-state index is 0.364. The Kier molecular flexibility index (Phi) is 7.23. The highest BCUT2D eigenvalue weighted by atomic mass is 16.5. The zero-order valence-electron chi connectivity index (χ0n) is 18.7. The van der Waals surface area contributed by atoms with Crippen LogP contribution in [0.2, 0.25) is 0 Å². The zero-order chi connectivity index (χ0) is 22.2. The second kappa shape index (κ2) is 10.7. The molecule has 0 amide bonds. The number of benzene rings is 3. The molecule has 1 heterocycles. The van der Waals surface area contributed by atoms with Gasteiger partial charge in [0.15, 0.2) is 0 Å². The molecule has 1 aromatic heterocycles. The Morgan fingerprint density at radius 3 is 2.25 bits per heavy atom. The second-order valence-electron chi connectivity index (χ2n) is 7.77. The summed E-state index contributed by atoms with van der Waals surface area (Å²) in [4.78, 5) is 4.84. The van der Waals surface area contributed by atoms with Gasteiger partial charge in [0.25, 0.3) is 0 Å². The van der Waals surface area contributed by atoms with E-state index in [0.29, 0.717) is 19.8 Å². The number of hydrogen-bond acceptors (Lipinski definition) is 4. The van der Waals surface area contributed by atoms with Gasteiger partial charge in [-0.3, -0.25) is 0 Å². The molecule has 3 aromatic carbocycles. The Hall–Kier alpha value is -3.53. The Morgan fingerprint density at radius 1 is 0.750 bits per heavy atom. The van der Waals surface area contributed by atoms with Gasteiger partial charge < -0.3 is 14.2 Å². The van der Waals surface area contributed by atoms with Crippen LogP contribution in [0.15, 0.2) is 78.9 Å². The van der Waals surface area contributed by atoms with Crippen molar-refractivity contribution in [2.24, 2.45) is 0 Å². The second-order valence-corrected chi connectivity index (χ2v) is 7.77. The van der Waals surface area contributed by atoms with Gasteiger partial charge in [-0.2, -0.15) is 0 Å². The molecule has 4 rings (SSSR count). The fourth-order valence-corrected chi connectivity index (χ4v) is 3.52. The average Bonchev–Trinajstić information content (AvgIpc) is 2.84. The summed E-state index contributed by atoms with van der Waals surface area (Å²) in [5.74, 6) is 2.43. The van der Waals surface area contributed by atoms with E-state index in [9.17, 15) is 0 Å². The lowest BCUT2D eigenvalue weighted by Gasteiger charge is -2.16. The predicted molar refractivity (Wildman–Crippen MR) is 128 cm³/mol. The Bertz CT molecular complexity index is 1160. The first-order chi connectivity index (χ1) is 15.7. The number of rotatable bonds is 10. The molecule has 0 unspecified atom stereocenters. The van der Waals surface area contributed by atoms with Crippen molar-refractivity contribution in [2.45, 2.75) is 39.9 Å². The predicted octanol–water partition coefficient (Wildman–Crippen LogP) is 6.88. The molecule has 0 spiro atoms. The van der Waals surface area contributed by atoms with Crippen LogP contribution in [0, 0.1) is 6.92 Å². The molecule has 0 bridgehead atoms. The van der Waals surface area contributed by atoms with Gasteiger partial charge in [-0.05, 0) is 43.2 Å². The summed E-state index contributed by atoms with van der Waals surface area (Å²) in [6.45, 7) is 5.81. The van der Waals surface area contributed by atoms with Crippen LogP contribution in [0.3, 0.4) is 0 Å². The molecule has 0 saturated carbocycles. The van der Waals surface area contributed by atoms with Crippen molar-refractivity contribution in [2.75, 3.05) is 6.61 Å². The first kappa shape index (κ1) is 21.7. The van der Waals surface area contributed by atoms with Crippen LogP contribution in [0.25, 0.3) is 10.9 Å². The molecular weight excluding hydrogens is 398 g/mol. The fourth-order valence-electron chi connectivity index (χ4n) is 3.52. The van der Waals surface area contributed by atoms with E-state index in [1.165, 1.54) is 0 Å². The highest BCUT2D eigenvalue weighted by Crippen LogP contribution is 2.31. The topological polar surface area (TPSA) is 40.6 Å². The summed E-state index contributed by atoms with van der Waals surface area (Å²) in [6, 6.07) is 26.0. The average molecular weight is 428 g/mol. The molecule has 0 aliphatic heterocycles. The number of unbranched alkanes of at least 4 members (excludes halogenated alkanes) is 1. The molecule has 0 radical (unpaired) electrons. The molecule has 0 aliphatic rings. The number of aromatic nitrogens is 1. The SMILES string of the molecule is CCCCOc1c(C)c(COc2cccc(OCc3ccccc3)c2)nc2ccccc12. The quantitative estimate of drug-likeness (QED) is 0.259. The van der Waals surface area contributed by atoms with Crippen molar-refractivity contribution in [3.05, 3.63) is 95.7 Å². The van der Waals surface area contributed by atoms with E-state index in [0.717, 1.165) is 57.8 Å². The summed E-state index contributed by atoms with van der Waals surface area (Å²) < 4.78 is 18.2. The fraction of sp³-hybridized carbons (Fsp3) is 0.250. The van der Waals surface area contributed by atoms with E-state index in [4.69, 9.17) is 19.2 Å². The van der Waals surface area contributed by atoms with E-state index in [-0.39, 0.29) is 0 Å². The molecular formula is C28H29NO3. The maximum atomic E-state index is 6.16. The number of hydrogen-bond donors (Lipinski definition) is 0. The smallest absolute Gasteiger partial charge is 0.133 e. The molecule has 0 saturated heterocycles. The van der Waals surface area contributed by atoms with E-state index in [2.05, 4.69) is 32.0 Å². The van der Waals surface area contributed by atoms with E-state index < -0.39 is 0 Å². The standard InChI is InChI=1S/C28H29NO3/c1-3-4-17-30-28-21(2)27(29-26-16-9-8-15-25(26)28)20-32-24-14-10-13-23(18-24)31-19-22-11-6-5-7-12-22/h5-16,18H,3-4,17,19-20H2,1-2H3. The lowest BCUT2D eigenvalue weighted by Crippen LogP contribution is -2.06. The third-order valence-electron chi connectivity index (χ3n) is 5.35. The highest BCUT2D eigenvalue weighted by Gasteiger charge is 2.14. The van der Waals surface area contributed by atoms with E-state index in [1.807, 2.05) is 60.7 Å². The van der Waals surface area contributed by atoms with Gasteiger partial charge in [-0.25, -0.2) is 4.98 Å². The Labute approximate surface area is 189 Å². The first-order valence-electron chi connectivity index (χ1n) is 11.1. The molecule has 0 aliphatic carbocycles. The summed E-state index contributed by atoms with van der Waals surface area (Å²) in [5.41, 5.74) is 3.95. The molecule has 32 heavy (non-hydrogen) atoms. The minimum Gasteiger partial charge on any atom is -0.493 e. The van der Waals surface area contributed by atoms with Crippen LogP contribution in [0.1, 0.15) is 36.6 Å². The van der Waals surface area contributed by atoms with Crippen molar-refractivity contribution in [3.63, 3.8) is 0 Å². The van der Waals surface area contributed by atoms with Crippen LogP contribution >= 0.6 is 0 Å². The van der Waals surface area contributed by atoms with Crippen LogP contribution in [0.4, 0.5) is 0 Å². The lowest BCUT2D eigenvalue weighted by atomic mass is 10.1. The third kappa shape index (κ3) is 5.38. The first-order valence-corrected chi connectivity index (χ1v) is 11.1. The Morgan fingerprint density at radius 2 is 1.47 bits per heavy atom. The maximum Gasteiger partial charge on any atom is 0.133 e. The van der Waals surface area contributed by atoms with Crippen molar-refractivity contribution >= 4 is 10.9 Å². The summed E-state index contributed by atoms with van der Waals surface area (Å²) in [6.07, 6.45) is 2.12. The molecule has 0 N–H and O–H groups in total. The van der Waals surface area contributed by atoms with E-state index in [1.54, 1.807) is 0 Å². The van der Waals surface area contributed by atoms with Gasteiger partial charge in [0.05, 0.1) is 17.8 Å². The number of ether oxygens (including phenoxy) is 3. The third-order valence-corrected chi connectivity index (χ3v) is 5.35. The zero-order valence-corrected chi connectivity index (χ0v) is 18.7. The van der Waals surface area contributed by atoms with Crippen LogP contribution < -0.4 is 14.2 Å². The number of pyridine rings is 1. The van der Waals surface area contributed by atoms with Crippen LogP contribution in [0.5, 0.6) is 17.2 Å². The maximum absolute atomic E-state index is 6.16. The van der Waals surface area contributed by atoms with Gasteiger partial charge in [0.2, 0.25) is 0 Å². The number of fused-ring (bicyclic) bond motifs is 1. The largest absolute Gasteiger partial charge is 0.493 e. The molecule has 164 valence electrons. The Balaban J connectivity index is 1.48. The van der Waals surface area contributed by atoms with Crippen molar-refractivity contribution in [3.8, 4) is 17.2 Å². The lowest BCUT2D eigenvalue weighted by molar-refractivity contribution is 0.284. The number of nitrogens with zero attached hydrogens (tertiary/aromatic N) is 1. The molecule has 0 atom stereocenters. The summed E-state index contributed by atoms with van der Waals surface area (Å²) in [7, 11) is 0. The van der Waals surface area contributed by atoms with Crippen LogP contribution in [-0.2, 0) is 13.2 Å². The normalized spacial score (nSPS) is 10.8. The summed E-state index contributed by atoms with van der Waals surface area (Å²) in [5, 5.41) is 1.04. The van der Waals surface area contributed by atoms with Crippen molar-refractivity contribution in [1.82, 2.24) is 4.98 Å². The van der Waals surface area contributed by atoms with Crippen molar-refractivity contribution in [1.29, 1.82) is 0 Å². The van der Waals surface area contributed by atoms with Gasteiger partial charge in [0.1, 0.15) is 30.5 Å². The van der Waals surface area contributed by atoms with E-state index >= 15 is 0 Å². The van der Waals surface area contributed by atoms with Gasteiger partial charge >= 0.3 is 0 Å². The molecule has 4 heteroatoms. The molecule has 4 nitrogen and oxygen atoms in total. The van der Waals surface area contributed by atoms with Crippen LogP contribution in [-0.4, -0.2) is 11.6 Å². The monoisotopic (exact) mass is 427 g/mol. The van der Waals surface area contributed by atoms with Crippen molar-refractivity contribution < 1.29 is 14.2 Å². The van der Waals surface area contributed by atoms with Gasteiger partial charge in [0, 0.05) is 17.0 Å². The number of para-hydroxylation sites is 1. The summed E-state index contributed by atoms with van der Waals surface area (Å²) >= 11 is 0.